The number of piperidine rings is 3. The Labute approximate surface area is 211 Å². The van der Waals surface area contributed by atoms with Gasteiger partial charge < -0.3 is 15.3 Å². The summed E-state index contributed by atoms with van der Waals surface area (Å²) in [7, 11) is 0. The summed E-state index contributed by atoms with van der Waals surface area (Å²) in [5.74, 6) is -0.474. The van der Waals surface area contributed by atoms with Crippen LogP contribution >= 0.6 is 31.9 Å². The number of nitrogens with one attached hydrogen (secondary N) is 3. The average molecular weight is 590 g/mol. The fourth-order valence-corrected chi connectivity index (χ4v) is 5.40. The number of carbonyl (C=O) groups excluding carboxylic acids is 1. The highest BCUT2D eigenvalue weighted by Gasteiger charge is 2.35. The van der Waals surface area contributed by atoms with E-state index < -0.39 is 5.97 Å². The van der Waals surface area contributed by atoms with Crippen LogP contribution in [0.2, 0.25) is 0 Å². The van der Waals surface area contributed by atoms with E-state index in [4.69, 9.17) is 5.11 Å². The van der Waals surface area contributed by atoms with Gasteiger partial charge in [0.05, 0.1) is 11.0 Å². The number of hydrogen-bond acceptors (Lipinski definition) is 5. The summed E-state index contributed by atoms with van der Waals surface area (Å²) in [5, 5.41) is 26.9. The van der Waals surface area contributed by atoms with Crippen LogP contribution in [0.4, 0.5) is 0 Å². The molecule has 0 spiro atoms. The lowest BCUT2D eigenvalue weighted by Crippen LogP contribution is -2.57. The number of halogens is 2. The lowest BCUT2D eigenvalue weighted by molar-refractivity contribution is 0.0618. The van der Waals surface area contributed by atoms with Crippen molar-refractivity contribution in [3.63, 3.8) is 0 Å². The maximum absolute atomic E-state index is 12.5. The summed E-state index contributed by atoms with van der Waals surface area (Å²) >= 11 is 6.71. The number of carboxylic acid groups (broad SMARTS) is 1. The zero-order chi connectivity index (χ0) is 23.8. The third kappa shape index (κ3) is 4.59. The number of amides is 1. The Hall–Kier alpha value is -2.76. The van der Waals surface area contributed by atoms with Crippen LogP contribution in [0.25, 0.3) is 21.8 Å². The van der Waals surface area contributed by atoms with Crippen molar-refractivity contribution in [2.45, 2.75) is 18.9 Å². The van der Waals surface area contributed by atoms with Gasteiger partial charge >= 0.3 is 5.97 Å². The molecule has 2 aromatic carbocycles. The summed E-state index contributed by atoms with van der Waals surface area (Å²) < 4.78 is 1.79. The molecule has 7 rings (SSSR count). The van der Waals surface area contributed by atoms with E-state index in [2.05, 4.69) is 62.5 Å². The molecule has 3 saturated heterocycles. The van der Waals surface area contributed by atoms with Gasteiger partial charge in [-0.05, 0) is 68.2 Å². The molecule has 2 bridgehead atoms. The molecule has 9 nitrogen and oxygen atoms in total. The predicted molar refractivity (Wildman–Crippen MR) is 135 cm³/mol. The molecule has 3 aliphatic heterocycles. The molecule has 0 saturated carbocycles. The van der Waals surface area contributed by atoms with Crippen molar-refractivity contribution < 1.29 is 14.7 Å². The van der Waals surface area contributed by atoms with Crippen LogP contribution in [0.15, 0.2) is 45.3 Å². The Morgan fingerprint density at radius 1 is 0.941 bits per heavy atom. The van der Waals surface area contributed by atoms with Gasteiger partial charge in [0.1, 0.15) is 0 Å². The number of carbonyl (C=O) groups is 2. The molecule has 0 aliphatic carbocycles. The van der Waals surface area contributed by atoms with Crippen molar-refractivity contribution in [1.29, 1.82) is 0 Å². The largest absolute Gasteiger partial charge is 0.476 e. The standard InChI is InChI=1S/C15H17BrN4O.C8H5BrN2O2/c16-10-1-2-12-11(7-10)14(19-18-12)15(21)17-13-8-20-5-3-9(13)4-6-20;9-4-1-2-6-5(3-4)7(8(12)13)11-10-6/h1-2,7,9,13H,3-6,8H2,(H,17,21)(H,18,19);1-3H,(H,10,11)(H,12,13)/t13-;/m0./s1. The molecule has 3 fully saturated rings. The fraction of sp³-hybridized carbons (Fsp3) is 0.304. The molecule has 0 unspecified atom stereocenters. The molecule has 34 heavy (non-hydrogen) atoms. The zero-order valence-corrected chi connectivity index (χ0v) is 21.2. The second-order valence-corrected chi connectivity index (χ2v) is 10.4. The molecule has 4 aromatic rings. The summed E-state index contributed by atoms with van der Waals surface area (Å²) in [6.45, 7) is 3.33. The number of carboxylic acids is 1. The van der Waals surface area contributed by atoms with Crippen LogP contribution in [0.3, 0.4) is 0 Å². The molecule has 1 amide bonds. The third-order valence-corrected chi connectivity index (χ3v) is 7.43. The number of aromatic nitrogens is 4. The molecule has 4 N–H and O–H groups in total. The number of fused-ring (bicyclic) bond motifs is 5. The topological polar surface area (TPSA) is 127 Å². The van der Waals surface area contributed by atoms with Crippen molar-refractivity contribution in [3.05, 3.63) is 56.7 Å². The lowest BCUT2D eigenvalue weighted by Gasteiger charge is -2.44. The van der Waals surface area contributed by atoms with Gasteiger partial charge in [0.25, 0.3) is 5.91 Å². The Morgan fingerprint density at radius 3 is 2.03 bits per heavy atom. The first-order valence-corrected chi connectivity index (χ1v) is 12.5. The van der Waals surface area contributed by atoms with Crippen LogP contribution < -0.4 is 5.32 Å². The number of nitrogens with zero attached hydrogens (tertiary/aromatic N) is 3. The van der Waals surface area contributed by atoms with Gasteiger partial charge in [0.2, 0.25) is 0 Å². The highest BCUT2D eigenvalue weighted by molar-refractivity contribution is 9.10. The molecule has 2 aromatic heterocycles. The second-order valence-electron chi connectivity index (χ2n) is 8.55. The van der Waals surface area contributed by atoms with Crippen molar-refractivity contribution in [2.75, 3.05) is 19.6 Å². The number of hydrogen-bond donors (Lipinski definition) is 4. The number of rotatable bonds is 3. The number of aromatic amines is 2. The summed E-state index contributed by atoms with van der Waals surface area (Å²) in [4.78, 5) is 25.7. The van der Waals surface area contributed by atoms with Gasteiger partial charge in [-0.3, -0.25) is 15.0 Å². The van der Waals surface area contributed by atoms with Crippen LogP contribution in [0.1, 0.15) is 33.8 Å². The van der Waals surface area contributed by atoms with Gasteiger partial charge in [-0.25, -0.2) is 4.79 Å². The van der Waals surface area contributed by atoms with Crippen LogP contribution in [0.5, 0.6) is 0 Å². The number of benzene rings is 2. The minimum atomic E-state index is -1.02. The Bertz CT molecular complexity index is 1380. The Morgan fingerprint density at radius 2 is 1.50 bits per heavy atom. The molecule has 176 valence electrons. The van der Waals surface area contributed by atoms with E-state index in [0.717, 1.165) is 31.9 Å². The van der Waals surface area contributed by atoms with Gasteiger partial charge in [0.15, 0.2) is 11.4 Å². The molecular weight excluding hydrogens is 568 g/mol. The van der Waals surface area contributed by atoms with Crippen molar-refractivity contribution >= 4 is 65.5 Å². The second kappa shape index (κ2) is 9.47. The SMILES string of the molecule is O=C(N[C@H]1CN2CCC1CC2)c1n[nH]c2ccc(Br)cc12.O=C(O)c1n[nH]c2ccc(Br)cc12. The third-order valence-electron chi connectivity index (χ3n) is 6.44. The monoisotopic (exact) mass is 588 g/mol. The van der Waals surface area contributed by atoms with E-state index >= 15 is 0 Å². The number of H-pyrrole nitrogens is 2. The van der Waals surface area contributed by atoms with E-state index in [1.54, 1.807) is 12.1 Å². The van der Waals surface area contributed by atoms with E-state index in [1.807, 2.05) is 24.3 Å². The van der Waals surface area contributed by atoms with E-state index in [-0.39, 0.29) is 17.6 Å². The van der Waals surface area contributed by atoms with Crippen molar-refractivity contribution in [1.82, 2.24) is 30.6 Å². The van der Waals surface area contributed by atoms with Gasteiger partial charge in [0, 0.05) is 32.3 Å². The number of aromatic carboxylic acids is 1. The smallest absolute Gasteiger partial charge is 0.357 e. The van der Waals surface area contributed by atoms with E-state index in [1.165, 1.54) is 25.9 Å². The van der Waals surface area contributed by atoms with Gasteiger partial charge in [-0.15, -0.1) is 0 Å². The van der Waals surface area contributed by atoms with Crippen LogP contribution in [-0.2, 0) is 0 Å². The van der Waals surface area contributed by atoms with Crippen LogP contribution in [-0.4, -0.2) is 68.0 Å². The highest BCUT2D eigenvalue weighted by atomic mass is 79.9. The zero-order valence-electron chi connectivity index (χ0n) is 18.0. The molecule has 0 radical (unpaired) electrons. The highest BCUT2D eigenvalue weighted by Crippen LogP contribution is 2.28. The lowest BCUT2D eigenvalue weighted by atomic mass is 9.84. The van der Waals surface area contributed by atoms with Gasteiger partial charge in [-0.2, -0.15) is 10.2 Å². The first kappa shape index (κ1) is 23.0. The minimum Gasteiger partial charge on any atom is -0.476 e. The van der Waals surface area contributed by atoms with Gasteiger partial charge in [-0.1, -0.05) is 31.9 Å². The Balaban J connectivity index is 0.000000159. The summed E-state index contributed by atoms with van der Waals surface area (Å²) in [5.41, 5.74) is 2.15. The molecular formula is C23H22Br2N6O3. The quantitative estimate of drug-likeness (QED) is 0.284. The first-order valence-electron chi connectivity index (χ1n) is 10.9. The molecule has 5 heterocycles. The summed E-state index contributed by atoms with van der Waals surface area (Å²) in [6.07, 6.45) is 2.38. The van der Waals surface area contributed by atoms with Crippen LogP contribution in [0, 0.1) is 5.92 Å². The van der Waals surface area contributed by atoms with E-state index in [0.29, 0.717) is 17.0 Å². The maximum atomic E-state index is 12.5. The average Bonchev–Trinajstić information content (AvgIpc) is 3.44. The minimum absolute atomic E-state index is 0.0521. The molecule has 11 heteroatoms. The van der Waals surface area contributed by atoms with Crippen molar-refractivity contribution in [3.8, 4) is 0 Å². The Kier molecular flexibility index (Phi) is 6.41. The van der Waals surface area contributed by atoms with E-state index in [9.17, 15) is 9.59 Å². The normalized spacial score (nSPS) is 21.3. The first-order chi connectivity index (χ1) is 16.4. The summed E-state index contributed by atoms with van der Waals surface area (Å²) in [6, 6.07) is 11.4. The molecule has 3 aliphatic rings. The fourth-order valence-electron chi connectivity index (χ4n) is 4.67. The van der Waals surface area contributed by atoms with Crippen molar-refractivity contribution in [2.24, 2.45) is 5.92 Å². The predicted octanol–water partition coefficient (Wildman–Crippen LogP) is 4.17. The maximum Gasteiger partial charge on any atom is 0.357 e. The molecule has 1 atom stereocenters.